The number of hydrogen-bond acceptors (Lipinski definition) is 8. The molecule has 4 atom stereocenters. The third kappa shape index (κ3) is 3.55. The minimum Gasteiger partial charge on any atom is -0.497 e. The lowest BCUT2D eigenvalue weighted by atomic mass is 9.54. The molecule has 0 radical (unpaired) electrons. The van der Waals surface area contributed by atoms with Gasteiger partial charge in [-0.2, -0.15) is 9.61 Å². The van der Waals surface area contributed by atoms with Crippen molar-refractivity contribution >= 4 is 11.5 Å². The standard InChI is InChI=1S/C27H35N5O4/c1-16(2)21-12-29-32-25(31-23-5-6-27(23)15-35-14-24(27)31)10-22(30-26(21)32)17-7-19(34-4)9-20(8-17)36-13-18(33)11-28-3/h7-10,12,16,18,23-24,28,33H,5-6,11,13-15H2,1-4H3. The molecule has 6 rings (SSSR count). The fourth-order valence-electron chi connectivity index (χ4n) is 6.16. The monoisotopic (exact) mass is 493 g/mol. The maximum absolute atomic E-state index is 10.1. The molecule has 0 amide bonds. The van der Waals surface area contributed by atoms with Crippen LogP contribution in [0.5, 0.6) is 11.5 Å². The van der Waals surface area contributed by atoms with E-state index in [2.05, 4.69) is 30.1 Å². The highest BCUT2D eigenvalue weighted by atomic mass is 16.5. The van der Waals surface area contributed by atoms with E-state index in [1.165, 1.54) is 12.8 Å². The first-order valence-corrected chi connectivity index (χ1v) is 12.8. The first-order chi connectivity index (χ1) is 17.4. The van der Waals surface area contributed by atoms with E-state index in [4.69, 9.17) is 24.3 Å². The molecule has 3 aromatic rings. The lowest BCUT2D eigenvalue weighted by Crippen LogP contribution is -2.77. The van der Waals surface area contributed by atoms with Crippen LogP contribution in [0.2, 0.25) is 0 Å². The number of nitrogens with zero attached hydrogens (tertiary/aromatic N) is 4. The number of aliphatic hydroxyl groups is 1. The number of piperidine rings is 1. The van der Waals surface area contributed by atoms with Crippen molar-refractivity contribution < 1.29 is 19.3 Å². The highest BCUT2D eigenvalue weighted by Crippen LogP contribution is 2.61. The average molecular weight is 494 g/mol. The smallest absolute Gasteiger partial charge is 0.161 e. The Hall–Kier alpha value is -2.88. The summed E-state index contributed by atoms with van der Waals surface area (Å²) < 4.78 is 19.5. The van der Waals surface area contributed by atoms with E-state index in [0.29, 0.717) is 41.5 Å². The summed E-state index contributed by atoms with van der Waals surface area (Å²) in [6.07, 6.45) is 3.77. The number of fused-ring (bicyclic) bond motifs is 1. The van der Waals surface area contributed by atoms with Gasteiger partial charge >= 0.3 is 0 Å². The second kappa shape index (κ2) is 8.90. The number of rotatable bonds is 9. The molecule has 1 saturated carbocycles. The Bertz CT molecular complexity index is 1280. The molecule has 2 N–H and O–H groups in total. The summed E-state index contributed by atoms with van der Waals surface area (Å²) >= 11 is 0. The molecule has 1 aromatic carbocycles. The molecule has 1 spiro atoms. The highest BCUT2D eigenvalue weighted by molar-refractivity contribution is 5.72. The number of aromatic nitrogens is 3. The van der Waals surface area contributed by atoms with E-state index in [-0.39, 0.29) is 6.61 Å². The van der Waals surface area contributed by atoms with Crippen LogP contribution in [-0.4, -0.2) is 78.4 Å². The summed E-state index contributed by atoms with van der Waals surface area (Å²) in [7, 11) is 3.45. The van der Waals surface area contributed by atoms with Crippen LogP contribution >= 0.6 is 0 Å². The lowest BCUT2D eigenvalue weighted by molar-refractivity contribution is -0.0134. The van der Waals surface area contributed by atoms with Gasteiger partial charge in [-0.25, -0.2) is 4.98 Å². The third-order valence-electron chi connectivity index (χ3n) is 8.19. The van der Waals surface area contributed by atoms with Crippen LogP contribution in [0, 0.1) is 5.41 Å². The number of benzene rings is 1. The van der Waals surface area contributed by atoms with Gasteiger partial charge in [-0.15, -0.1) is 0 Å². The molecule has 3 fully saturated rings. The van der Waals surface area contributed by atoms with Crippen LogP contribution in [0.3, 0.4) is 0 Å². The van der Waals surface area contributed by atoms with Crippen LogP contribution in [0.1, 0.15) is 38.2 Å². The van der Waals surface area contributed by atoms with Crippen molar-refractivity contribution in [3.63, 3.8) is 0 Å². The van der Waals surface area contributed by atoms with Crippen molar-refractivity contribution in [1.29, 1.82) is 0 Å². The van der Waals surface area contributed by atoms with Gasteiger partial charge in [0.05, 0.1) is 38.3 Å². The topological polar surface area (TPSA) is 93.4 Å². The van der Waals surface area contributed by atoms with Crippen molar-refractivity contribution in [3.8, 4) is 22.8 Å². The predicted molar refractivity (Wildman–Crippen MR) is 137 cm³/mol. The molecule has 2 aromatic heterocycles. The van der Waals surface area contributed by atoms with E-state index >= 15 is 0 Å². The Morgan fingerprint density at radius 2 is 2.06 bits per heavy atom. The molecule has 9 nitrogen and oxygen atoms in total. The molecule has 3 aliphatic rings. The van der Waals surface area contributed by atoms with Gasteiger partial charge in [-0.05, 0) is 37.9 Å². The zero-order valence-electron chi connectivity index (χ0n) is 21.4. The molecule has 2 aliphatic heterocycles. The summed E-state index contributed by atoms with van der Waals surface area (Å²) in [6.45, 7) is 6.62. The first kappa shape index (κ1) is 23.5. The molecule has 9 heteroatoms. The quantitative estimate of drug-likeness (QED) is 0.470. The van der Waals surface area contributed by atoms with Crippen molar-refractivity contribution in [3.05, 3.63) is 36.0 Å². The molecule has 2 saturated heterocycles. The number of aliphatic hydroxyl groups excluding tert-OH is 1. The fraction of sp³-hybridized carbons (Fsp3) is 0.556. The summed E-state index contributed by atoms with van der Waals surface area (Å²) in [6, 6.07) is 8.80. The van der Waals surface area contributed by atoms with Gasteiger partial charge in [0.15, 0.2) is 5.65 Å². The van der Waals surface area contributed by atoms with E-state index < -0.39 is 6.10 Å². The van der Waals surface area contributed by atoms with Gasteiger partial charge in [0.25, 0.3) is 0 Å². The molecule has 0 bridgehead atoms. The normalized spacial score (nSPS) is 25.3. The van der Waals surface area contributed by atoms with Gasteiger partial charge in [0.1, 0.15) is 30.0 Å². The SMILES string of the molecule is CNCC(O)COc1cc(OC)cc(-c2cc(N3C4CCC45COCC35)n3ncc(C(C)C)c3n2)c1. The van der Waals surface area contributed by atoms with E-state index in [0.717, 1.165) is 41.5 Å². The molecule has 36 heavy (non-hydrogen) atoms. The summed E-state index contributed by atoms with van der Waals surface area (Å²) in [5.74, 6) is 2.67. The lowest BCUT2D eigenvalue weighted by Gasteiger charge is -2.67. The van der Waals surface area contributed by atoms with Crippen LogP contribution in [0.25, 0.3) is 16.9 Å². The second-order valence-corrected chi connectivity index (χ2v) is 10.6. The molecule has 192 valence electrons. The minimum absolute atomic E-state index is 0.185. The number of ether oxygens (including phenoxy) is 3. The maximum Gasteiger partial charge on any atom is 0.161 e. The second-order valence-electron chi connectivity index (χ2n) is 10.6. The van der Waals surface area contributed by atoms with Gasteiger partial charge in [-0.3, -0.25) is 0 Å². The number of likely N-dealkylation sites (N-methyl/N-ethyl adjacent to an activating group) is 1. The van der Waals surface area contributed by atoms with Crippen molar-refractivity contribution in [2.24, 2.45) is 5.41 Å². The molecular formula is C27H35N5O4. The summed E-state index contributed by atoms with van der Waals surface area (Å²) in [5.41, 5.74) is 4.05. The van der Waals surface area contributed by atoms with Crippen LogP contribution < -0.4 is 19.7 Å². The van der Waals surface area contributed by atoms with Gasteiger partial charge in [0, 0.05) is 41.3 Å². The number of hydrogen-bond donors (Lipinski definition) is 2. The zero-order chi connectivity index (χ0) is 25.0. The summed E-state index contributed by atoms with van der Waals surface area (Å²) in [5, 5.41) is 17.8. The van der Waals surface area contributed by atoms with E-state index in [1.54, 1.807) is 14.2 Å². The van der Waals surface area contributed by atoms with Crippen molar-refractivity contribution in [2.75, 3.05) is 45.4 Å². The van der Waals surface area contributed by atoms with Crippen molar-refractivity contribution in [1.82, 2.24) is 19.9 Å². The van der Waals surface area contributed by atoms with Crippen LogP contribution in [-0.2, 0) is 4.74 Å². The number of nitrogens with one attached hydrogen (secondary N) is 1. The van der Waals surface area contributed by atoms with Crippen molar-refractivity contribution in [2.45, 2.75) is 50.8 Å². The number of anilines is 1. The van der Waals surface area contributed by atoms with Gasteiger partial charge in [-0.1, -0.05) is 13.8 Å². The average Bonchev–Trinajstić information content (AvgIpc) is 3.49. The molecule has 1 aliphatic carbocycles. The van der Waals surface area contributed by atoms with Gasteiger partial charge < -0.3 is 29.5 Å². The Morgan fingerprint density at radius 1 is 1.22 bits per heavy atom. The summed E-state index contributed by atoms with van der Waals surface area (Å²) in [4.78, 5) is 7.60. The highest BCUT2D eigenvalue weighted by Gasteiger charge is 2.69. The Morgan fingerprint density at radius 3 is 2.78 bits per heavy atom. The molecule has 4 heterocycles. The maximum atomic E-state index is 10.1. The first-order valence-electron chi connectivity index (χ1n) is 12.8. The largest absolute Gasteiger partial charge is 0.497 e. The minimum atomic E-state index is -0.603. The Balaban J connectivity index is 1.43. The Labute approximate surface area is 211 Å². The third-order valence-corrected chi connectivity index (χ3v) is 8.19. The number of methoxy groups -OCH3 is 1. The van der Waals surface area contributed by atoms with Gasteiger partial charge in [0.2, 0.25) is 0 Å². The fourth-order valence-corrected chi connectivity index (χ4v) is 6.16. The predicted octanol–water partition coefficient (Wildman–Crippen LogP) is 2.85. The zero-order valence-corrected chi connectivity index (χ0v) is 21.4. The molecule has 4 unspecified atom stereocenters. The van der Waals surface area contributed by atoms with E-state index in [9.17, 15) is 5.11 Å². The van der Waals surface area contributed by atoms with Crippen LogP contribution in [0.4, 0.5) is 5.82 Å². The van der Waals surface area contributed by atoms with Crippen LogP contribution in [0.15, 0.2) is 30.5 Å². The van der Waals surface area contributed by atoms with E-state index in [1.807, 2.05) is 28.9 Å². The Kier molecular flexibility index (Phi) is 5.81. The molecular weight excluding hydrogens is 458 g/mol.